The monoisotopic (exact) mass is 558 g/mol. The minimum Gasteiger partial charge on any atom is -0.392 e. The van der Waals surface area contributed by atoms with Gasteiger partial charge in [-0.3, -0.25) is 0 Å². The van der Waals surface area contributed by atoms with Crippen molar-refractivity contribution >= 4 is 0 Å². The fourth-order valence-corrected chi connectivity index (χ4v) is 5.25. The SMILES string of the molecule is CC(C)=CCCC(C)=CCCC(C)=CCCC(C)=CCCC=C(C)C=CC=C(C)C=CC1=C(C)CCC(O)C1(C)C. The Labute approximate surface area is 255 Å². The summed E-state index contributed by atoms with van der Waals surface area (Å²) in [5, 5.41) is 10.4. The van der Waals surface area contributed by atoms with Crippen LogP contribution in [0.15, 0.2) is 105 Å². The highest BCUT2D eigenvalue weighted by Crippen LogP contribution is 2.41. The lowest BCUT2D eigenvalue weighted by molar-refractivity contribution is 0.0607. The summed E-state index contributed by atoms with van der Waals surface area (Å²) in [4.78, 5) is 0. The Morgan fingerprint density at radius 2 is 1.22 bits per heavy atom. The zero-order valence-electron chi connectivity index (χ0n) is 28.4. The topological polar surface area (TPSA) is 20.2 Å². The van der Waals surface area contributed by atoms with Crippen molar-refractivity contribution in [2.24, 2.45) is 5.41 Å². The highest BCUT2D eigenvalue weighted by atomic mass is 16.3. The van der Waals surface area contributed by atoms with Crippen molar-refractivity contribution in [3.05, 3.63) is 105 Å². The number of aliphatic hydroxyl groups is 1. The molecule has 0 radical (unpaired) electrons. The molecule has 0 aromatic rings. The van der Waals surface area contributed by atoms with Gasteiger partial charge < -0.3 is 5.11 Å². The van der Waals surface area contributed by atoms with Gasteiger partial charge in [0.15, 0.2) is 0 Å². The third kappa shape index (κ3) is 16.0. The van der Waals surface area contributed by atoms with Gasteiger partial charge in [0.2, 0.25) is 0 Å². The minimum atomic E-state index is -0.266. The Hall–Kier alpha value is -2.38. The standard InChI is InChI=1S/C40H62O/c1-31(2)17-13-20-34(5)23-15-25-35(6)24-14-21-32(3)18-11-12-19-33(4)22-16-26-36(7)27-29-38-37(8)28-30-39(41)40(38,9)10/h16-19,22-24,26-27,29,39,41H,11-15,20-21,25,28,30H2,1-10H3. The van der Waals surface area contributed by atoms with Gasteiger partial charge in [0.25, 0.3) is 0 Å². The highest BCUT2D eigenvalue weighted by molar-refractivity contribution is 5.38. The number of hydrogen-bond donors (Lipinski definition) is 1. The summed E-state index contributed by atoms with van der Waals surface area (Å²) >= 11 is 0. The predicted octanol–water partition coefficient (Wildman–Crippen LogP) is 12.4. The fourth-order valence-electron chi connectivity index (χ4n) is 5.25. The maximum atomic E-state index is 10.4. The molecule has 0 saturated carbocycles. The molecule has 1 nitrogen and oxygen atoms in total. The summed E-state index contributed by atoms with van der Waals surface area (Å²) < 4.78 is 0. The smallest absolute Gasteiger partial charge is 0.0634 e. The van der Waals surface area contributed by atoms with E-state index in [1.54, 1.807) is 0 Å². The van der Waals surface area contributed by atoms with Crippen molar-refractivity contribution in [3.8, 4) is 0 Å². The zero-order valence-corrected chi connectivity index (χ0v) is 28.4. The maximum absolute atomic E-state index is 10.4. The van der Waals surface area contributed by atoms with Crippen LogP contribution in [0.1, 0.15) is 133 Å². The van der Waals surface area contributed by atoms with Crippen molar-refractivity contribution in [2.45, 2.75) is 140 Å². The maximum Gasteiger partial charge on any atom is 0.0634 e. The number of hydrogen-bond acceptors (Lipinski definition) is 1. The van der Waals surface area contributed by atoms with E-state index in [0.717, 1.165) is 51.4 Å². The van der Waals surface area contributed by atoms with Crippen molar-refractivity contribution in [3.63, 3.8) is 0 Å². The second-order valence-corrected chi connectivity index (χ2v) is 13.1. The van der Waals surface area contributed by atoms with Crippen LogP contribution < -0.4 is 0 Å². The first-order valence-electron chi connectivity index (χ1n) is 16.0. The lowest BCUT2D eigenvalue weighted by atomic mass is 9.70. The van der Waals surface area contributed by atoms with Crippen molar-refractivity contribution in [1.82, 2.24) is 0 Å². The molecule has 0 saturated heterocycles. The molecule has 0 amide bonds. The number of unbranched alkanes of at least 4 members (excludes halogenated alkanes) is 1. The molecule has 0 fully saturated rings. The van der Waals surface area contributed by atoms with Crippen LogP contribution in [0, 0.1) is 5.41 Å². The zero-order chi connectivity index (χ0) is 30.8. The van der Waals surface area contributed by atoms with Gasteiger partial charge >= 0.3 is 0 Å². The molecule has 0 spiro atoms. The Bertz CT molecular complexity index is 1080. The van der Waals surface area contributed by atoms with Gasteiger partial charge in [-0.05, 0) is 125 Å². The average molecular weight is 559 g/mol. The largest absolute Gasteiger partial charge is 0.392 e. The number of aliphatic hydroxyl groups excluding tert-OH is 1. The molecule has 1 atom stereocenters. The van der Waals surface area contributed by atoms with E-state index in [0.29, 0.717) is 0 Å². The summed E-state index contributed by atoms with van der Waals surface area (Å²) in [6, 6.07) is 0. The van der Waals surface area contributed by atoms with E-state index >= 15 is 0 Å². The molecule has 1 unspecified atom stereocenters. The van der Waals surface area contributed by atoms with Gasteiger partial charge in [0.1, 0.15) is 0 Å². The second-order valence-electron chi connectivity index (χ2n) is 13.1. The van der Waals surface area contributed by atoms with Crippen LogP contribution in [-0.2, 0) is 0 Å². The molecule has 0 aromatic heterocycles. The van der Waals surface area contributed by atoms with Gasteiger partial charge in [-0.15, -0.1) is 0 Å². The molecular weight excluding hydrogens is 496 g/mol. The van der Waals surface area contributed by atoms with Crippen molar-refractivity contribution < 1.29 is 5.11 Å². The molecule has 0 bridgehead atoms. The van der Waals surface area contributed by atoms with Crippen LogP contribution in [0.25, 0.3) is 0 Å². The van der Waals surface area contributed by atoms with Gasteiger partial charge in [-0.25, -0.2) is 0 Å². The van der Waals surface area contributed by atoms with Crippen LogP contribution in [0.4, 0.5) is 0 Å². The highest BCUT2D eigenvalue weighted by Gasteiger charge is 2.34. The Morgan fingerprint density at radius 1 is 0.707 bits per heavy atom. The molecule has 1 aliphatic carbocycles. The lowest BCUT2D eigenvalue weighted by Gasteiger charge is -2.37. The molecule has 0 aliphatic heterocycles. The van der Waals surface area contributed by atoms with Crippen LogP contribution >= 0.6 is 0 Å². The predicted molar refractivity (Wildman–Crippen MR) is 185 cm³/mol. The number of rotatable bonds is 16. The molecule has 0 aromatic carbocycles. The summed E-state index contributed by atoms with van der Waals surface area (Å²) in [6.07, 6.45) is 33.5. The molecule has 0 heterocycles. The summed E-state index contributed by atoms with van der Waals surface area (Å²) in [7, 11) is 0. The quantitative estimate of drug-likeness (QED) is 0.113. The fraction of sp³-hybridized carbons (Fsp3) is 0.550. The molecule has 41 heavy (non-hydrogen) atoms. The van der Waals surface area contributed by atoms with Gasteiger partial charge in [0.05, 0.1) is 6.10 Å². The van der Waals surface area contributed by atoms with E-state index in [2.05, 4.69) is 130 Å². The molecule has 1 N–H and O–H groups in total. The summed E-state index contributed by atoms with van der Waals surface area (Å²) in [5.74, 6) is 0. The molecule has 1 rings (SSSR count). The molecule has 1 aliphatic rings. The van der Waals surface area contributed by atoms with E-state index in [1.165, 1.54) is 57.4 Å². The van der Waals surface area contributed by atoms with Crippen LogP contribution in [0.5, 0.6) is 0 Å². The van der Waals surface area contributed by atoms with E-state index in [9.17, 15) is 5.11 Å². The van der Waals surface area contributed by atoms with Gasteiger partial charge in [0, 0.05) is 5.41 Å². The normalized spacial score (nSPS) is 19.6. The summed E-state index contributed by atoms with van der Waals surface area (Å²) in [6.45, 7) is 22.0. The van der Waals surface area contributed by atoms with Crippen molar-refractivity contribution in [2.75, 3.05) is 0 Å². The minimum absolute atomic E-state index is 0.182. The van der Waals surface area contributed by atoms with E-state index in [4.69, 9.17) is 0 Å². The first-order chi connectivity index (χ1) is 19.3. The number of allylic oxidation sites excluding steroid dienone is 17. The van der Waals surface area contributed by atoms with Gasteiger partial charge in [-0.1, -0.05) is 114 Å². The van der Waals surface area contributed by atoms with E-state index in [1.807, 2.05) is 0 Å². The lowest BCUT2D eigenvalue weighted by Crippen LogP contribution is -2.34. The first-order valence-corrected chi connectivity index (χ1v) is 16.0. The van der Waals surface area contributed by atoms with Crippen LogP contribution in [0.3, 0.4) is 0 Å². The van der Waals surface area contributed by atoms with Crippen LogP contribution in [0.2, 0.25) is 0 Å². The van der Waals surface area contributed by atoms with Gasteiger partial charge in [-0.2, -0.15) is 0 Å². The van der Waals surface area contributed by atoms with E-state index in [-0.39, 0.29) is 11.5 Å². The van der Waals surface area contributed by atoms with Crippen molar-refractivity contribution in [1.29, 1.82) is 0 Å². The second kappa shape index (κ2) is 19.7. The Kier molecular flexibility index (Phi) is 17.6. The molecule has 228 valence electrons. The first kappa shape index (κ1) is 36.6. The molecular formula is C40H62O. The third-order valence-corrected chi connectivity index (χ3v) is 8.29. The Morgan fingerprint density at radius 3 is 1.78 bits per heavy atom. The summed E-state index contributed by atoms with van der Waals surface area (Å²) in [5.41, 5.74) is 11.0. The molecule has 1 heteroatoms. The average Bonchev–Trinajstić information content (AvgIpc) is 2.88. The van der Waals surface area contributed by atoms with E-state index < -0.39 is 0 Å². The third-order valence-electron chi connectivity index (χ3n) is 8.29. The Balaban J connectivity index is 2.41. The van der Waals surface area contributed by atoms with Crippen LogP contribution in [-0.4, -0.2) is 11.2 Å².